The van der Waals surface area contributed by atoms with Gasteiger partial charge in [0.25, 0.3) is 5.91 Å². The first kappa shape index (κ1) is 24.7. The average Bonchev–Trinajstić information content (AvgIpc) is 3.09. The molecule has 0 spiro atoms. The van der Waals surface area contributed by atoms with E-state index in [0.29, 0.717) is 16.9 Å². The Bertz CT molecular complexity index is 1110. The number of anilines is 1. The van der Waals surface area contributed by atoms with Gasteiger partial charge in [0, 0.05) is 30.0 Å². The lowest BCUT2D eigenvalue weighted by atomic mass is 10.2. The van der Waals surface area contributed by atoms with E-state index in [0.717, 1.165) is 17.7 Å². The number of benzene rings is 2. The Balaban J connectivity index is 2.03. The molecule has 1 aromatic heterocycles. The molecule has 0 unspecified atom stereocenters. The summed E-state index contributed by atoms with van der Waals surface area (Å²) < 4.78 is 49.1. The summed E-state index contributed by atoms with van der Waals surface area (Å²) in [5, 5.41) is 6.76. The second-order valence-electron chi connectivity index (χ2n) is 6.62. The van der Waals surface area contributed by atoms with Gasteiger partial charge in [-0.05, 0) is 29.8 Å². The van der Waals surface area contributed by atoms with Crippen molar-refractivity contribution < 1.29 is 27.4 Å². The van der Waals surface area contributed by atoms with E-state index in [1.165, 1.54) is 23.7 Å². The van der Waals surface area contributed by atoms with E-state index in [4.69, 9.17) is 16.3 Å². The molecule has 33 heavy (non-hydrogen) atoms. The molecule has 0 radical (unpaired) electrons. The number of halogens is 5. The molecule has 0 aliphatic rings. The summed E-state index contributed by atoms with van der Waals surface area (Å²) >= 11 is 9.27. The topological polar surface area (TPSA) is 77.4 Å². The highest BCUT2D eigenvalue weighted by atomic mass is 79.9. The first-order valence-electron chi connectivity index (χ1n) is 9.60. The summed E-state index contributed by atoms with van der Waals surface area (Å²) in [6, 6.07) is 12.0. The lowest BCUT2D eigenvalue weighted by Gasteiger charge is -2.13. The first-order chi connectivity index (χ1) is 15.7. The van der Waals surface area contributed by atoms with Gasteiger partial charge in [-0.1, -0.05) is 45.7 Å². The van der Waals surface area contributed by atoms with Crippen molar-refractivity contribution in [1.29, 1.82) is 0 Å². The van der Waals surface area contributed by atoms with Gasteiger partial charge >= 0.3 is 12.4 Å². The Morgan fingerprint density at radius 1 is 1.18 bits per heavy atom. The van der Waals surface area contributed by atoms with E-state index in [1.807, 2.05) is 0 Å². The summed E-state index contributed by atoms with van der Waals surface area (Å²) in [6.07, 6.45) is -4.84. The van der Waals surface area contributed by atoms with Crippen molar-refractivity contribution >= 4 is 39.3 Å². The van der Waals surface area contributed by atoms with E-state index < -0.39 is 18.0 Å². The summed E-state index contributed by atoms with van der Waals surface area (Å²) in [6.45, 7) is 0.660. The number of amides is 1. The smallest absolute Gasteiger partial charge is 0.425 e. The van der Waals surface area contributed by atoms with Gasteiger partial charge in [0.15, 0.2) is 11.5 Å². The van der Waals surface area contributed by atoms with Crippen molar-refractivity contribution in [2.24, 2.45) is 0 Å². The summed E-state index contributed by atoms with van der Waals surface area (Å²) in [7, 11) is 1.48. The Morgan fingerprint density at radius 2 is 1.88 bits per heavy atom. The van der Waals surface area contributed by atoms with Gasteiger partial charge in [-0.2, -0.15) is 4.98 Å². The van der Waals surface area contributed by atoms with Crippen LogP contribution < -0.4 is 20.1 Å². The van der Waals surface area contributed by atoms with Gasteiger partial charge in [-0.15, -0.1) is 13.2 Å². The van der Waals surface area contributed by atoms with Gasteiger partial charge < -0.3 is 20.1 Å². The highest BCUT2D eigenvalue weighted by Crippen LogP contribution is 2.31. The minimum absolute atomic E-state index is 0.00443. The molecule has 3 aromatic rings. The number of nitrogens with one attached hydrogen (secondary N) is 2. The van der Waals surface area contributed by atoms with Gasteiger partial charge in [0.05, 0.1) is 6.54 Å². The number of alkyl halides is 4. The zero-order valence-electron chi connectivity index (χ0n) is 17.2. The summed E-state index contributed by atoms with van der Waals surface area (Å²) in [4.78, 5) is 17.1. The molecule has 0 saturated carbocycles. The minimum Gasteiger partial charge on any atom is -0.425 e. The third-order valence-electron chi connectivity index (χ3n) is 4.26. The highest BCUT2D eigenvalue weighted by Gasteiger charge is 2.31. The second kappa shape index (κ2) is 10.8. The van der Waals surface area contributed by atoms with Crippen LogP contribution in [0.1, 0.15) is 16.1 Å². The molecule has 2 aromatic carbocycles. The van der Waals surface area contributed by atoms with Crippen molar-refractivity contribution in [3.8, 4) is 17.5 Å². The van der Waals surface area contributed by atoms with Crippen LogP contribution in [-0.4, -0.2) is 40.7 Å². The number of carbonyl (C=O) groups is 1. The maximum absolute atomic E-state index is 12.7. The lowest BCUT2D eigenvalue weighted by molar-refractivity contribution is -0.274. The molecule has 176 valence electrons. The third kappa shape index (κ3) is 6.78. The quantitative estimate of drug-likeness (QED) is 0.349. The normalized spacial score (nSPS) is 11.2. The van der Waals surface area contributed by atoms with Crippen molar-refractivity contribution in [3.05, 3.63) is 64.8 Å². The highest BCUT2D eigenvalue weighted by molar-refractivity contribution is 9.09. The number of ether oxygens (including phenoxy) is 2. The molecule has 0 aliphatic carbocycles. The molecule has 7 nitrogen and oxygen atoms in total. The van der Waals surface area contributed by atoms with Crippen LogP contribution in [-0.2, 0) is 6.54 Å². The Morgan fingerprint density at radius 3 is 2.52 bits per heavy atom. The van der Waals surface area contributed by atoms with Crippen molar-refractivity contribution in [2.75, 3.05) is 24.2 Å². The van der Waals surface area contributed by atoms with Crippen LogP contribution >= 0.6 is 27.5 Å². The fraction of sp³-hybridized carbons (Fsp3) is 0.238. The van der Waals surface area contributed by atoms with E-state index in [2.05, 4.69) is 36.3 Å². The second-order valence-corrected chi connectivity index (χ2v) is 7.85. The molecule has 3 rings (SSSR count). The van der Waals surface area contributed by atoms with E-state index >= 15 is 0 Å². The molecule has 1 amide bonds. The number of hydrogen-bond acceptors (Lipinski definition) is 5. The number of hydrogen-bond donors (Lipinski definition) is 2. The van der Waals surface area contributed by atoms with Gasteiger partial charge in [0.2, 0.25) is 0 Å². The Kier molecular flexibility index (Phi) is 8.09. The lowest BCUT2D eigenvalue weighted by Crippen LogP contribution is -2.24. The average molecular weight is 548 g/mol. The van der Waals surface area contributed by atoms with Gasteiger partial charge in [0.1, 0.15) is 11.5 Å². The van der Waals surface area contributed by atoms with E-state index in [-0.39, 0.29) is 29.8 Å². The standard InChI is InChI=1S/C21H19BrClF3N4O3/c1-27-19(31)17-18(28-10-9-22)29-20(30(17)12-13-5-7-14(23)8-6-13)32-15-3-2-4-16(11-15)33-21(24,25)26/h2-8,11,28H,9-10,12H2,1H3,(H,27,31). The van der Waals surface area contributed by atoms with E-state index in [1.54, 1.807) is 24.3 Å². The van der Waals surface area contributed by atoms with Crippen LogP contribution in [0.15, 0.2) is 48.5 Å². The number of rotatable bonds is 9. The van der Waals surface area contributed by atoms with Crippen molar-refractivity contribution in [1.82, 2.24) is 14.9 Å². The fourth-order valence-electron chi connectivity index (χ4n) is 2.91. The third-order valence-corrected chi connectivity index (χ3v) is 4.91. The molecule has 0 saturated heterocycles. The monoisotopic (exact) mass is 546 g/mol. The Hall–Kier alpha value is -2.92. The number of aromatic nitrogens is 2. The van der Waals surface area contributed by atoms with Crippen LogP contribution in [0.2, 0.25) is 5.02 Å². The molecular formula is C21H19BrClF3N4O3. The predicted octanol–water partition coefficient (Wildman–Crippen LogP) is 5.44. The van der Waals surface area contributed by atoms with Gasteiger partial charge in [-0.3, -0.25) is 9.36 Å². The maximum Gasteiger partial charge on any atom is 0.573 e. The molecule has 0 aliphatic heterocycles. The molecule has 0 bridgehead atoms. The van der Waals surface area contributed by atoms with Crippen LogP contribution in [0.4, 0.5) is 19.0 Å². The Labute approximate surface area is 201 Å². The van der Waals surface area contributed by atoms with Crippen LogP contribution in [0.3, 0.4) is 0 Å². The zero-order valence-corrected chi connectivity index (χ0v) is 19.6. The van der Waals surface area contributed by atoms with Crippen molar-refractivity contribution in [2.45, 2.75) is 12.9 Å². The van der Waals surface area contributed by atoms with Gasteiger partial charge in [-0.25, -0.2) is 0 Å². The minimum atomic E-state index is -4.84. The molecular weight excluding hydrogens is 529 g/mol. The molecule has 1 heterocycles. The fourth-order valence-corrected chi connectivity index (χ4v) is 3.23. The van der Waals surface area contributed by atoms with Crippen LogP contribution in [0.5, 0.6) is 17.5 Å². The first-order valence-corrected chi connectivity index (χ1v) is 11.1. The zero-order chi connectivity index (χ0) is 24.0. The number of imidazole rings is 1. The number of carbonyl (C=O) groups excluding carboxylic acids is 1. The molecule has 0 fully saturated rings. The molecule has 2 N–H and O–H groups in total. The SMILES string of the molecule is CNC(=O)c1c(NCCBr)nc(Oc2cccc(OC(F)(F)F)c2)n1Cc1ccc(Cl)cc1. The van der Waals surface area contributed by atoms with E-state index in [9.17, 15) is 18.0 Å². The van der Waals surface area contributed by atoms with Crippen molar-refractivity contribution in [3.63, 3.8) is 0 Å². The predicted molar refractivity (Wildman–Crippen MR) is 122 cm³/mol. The number of nitrogens with zero attached hydrogens (tertiary/aromatic N) is 2. The maximum atomic E-state index is 12.7. The summed E-state index contributed by atoms with van der Waals surface area (Å²) in [5.74, 6) is -0.549. The van der Waals surface area contributed by atoms with Crippen LogP contribution in [0.25, 0.3) is 0 Å². The molecule has 0 atom stereocenters. The van der Waals surface area contributed by atoms with Crippen LogP contribution in [0, 0.1) is 0 Å². The largest absolute Gasteiger partial charge is 0.573 e. The molecule has 12 heteroatoms. The summed E-state index contributed by atoms with van der Waals surface area (Å²) in [5.41, 5.74) is 0.999.